The Hall–Kier alpha value is -1.60. The van der Waals surface area contributed by atoms with Gasteiger partial charge in [-0.3, -0.25) is 4.90 Å². The number of hydrogen-bond donors (Lipinski definition) is 2. The number of nitrogens with zero attached hydrogens (tertiary/aromatic N) is 1. The number of carbonyl (C=O) groups excluding carboxylic acids is 2. The third-order valence-electron chi connectivity index (χ3n) is 4.27. The van der Waals surface area contributed by atoms with Crippen LogP contribution in [0.2, 0.25) is 0 Å². The first-order valence-corrected chi connectivity index (χ1v) is 8.10. The van der Waals surface area contributed by atoms with Crippen molar-refractivity contribution in [3.63, 3.8) is 0 Å². The lowest BCUT2D eigenvalue weighted by molar-refractivity contribution is -0.150. The minimum atomic E-state index is -0.989. The third-order valence-corrected chi connectivity index (χ3v) is 4.27. The van der Waals surface area contributed by atoms with E-state index in [9.17, 15) is 19.8 Å². The van der Waals surface area contributed by atoms with E-state index in [2.05, 4.69) is 6.58 Å². The Labute approximate surface area is 143 Å². The van der Waals surface area contributed by atoms with Crippen LogP contribution in [0.4, 0.5) is 4.79 Å². The molecule has 138 valence electrons. The number of esters is 1. The molecule has 0 radical (unpaired) electrons. The van der Waals surface area contributed by atoms with Gasteiger partial charge in [-0.2, -0.15) is 0 Å². The second-order valence-corrected chi connectivity index (χ2v) is 7.13. The molecule has 24 heavy (non-hydrogen) atoms. The minimum absolute atomic E-state index is 0.0338. The number of ether oxygens (including phenoxy) is 2. The molecule has 7 heteroatoms. The highest BCUT2D eigenvalue weighted by atomic mass is 16.6. The van der Waals surface area contributed by atoms with Crippen molar-refractivity contribution in [2.45, 2.75) is 57.8 Å². The standard InChI is InChI=1S/C17H29NO6/c1-6-8-17(9-7-10-19)12(20)11-18(13(17)14(21)23-5)15(22)24-16(2,3)4/h6,12-13,19-20H,1,7-11H2,2-5H3/t12-,13-,17+/m1/s1. The summed E-state index contributed by atoms with van der Waals surface area (Å²) < 4.78 is 10.2. The third kappa shape index (κ3) is 4.27. The normalized spacial score (nSPS) is 27.0. The molecule has 0 saturated carbocycles. The SMILES string of the molecule is C=CC[C@]1(CCCO)[C@H](O)CN(C(=O)OC(C)(C)C)[C@@H]1C(=O)OC. The Balaban J connectivity index is 3.24. The topological polar surface area (TPSA) is 96.3 Å². The molecule has 2 N–H and O–H groups in total. The summed E-state index contributed by atoms with van der Waals surface area (Å²) in [4.78, 5) is 26.2. The Morgan fingerprint density at radius 2 is 2.04 bits per heavy atom. The van der Waals surface area contributed by atoms with Crippen LogP contribution in [-0.4, -0.2) is 65.2 Å². The summed E-state index contributed by atoms with van der Waals surface area (Å²) in [7, 11) is 1.24. The second-order valence-electron chi connectivity index (χ2n) is 7.13. The predicted octanol–water partition coefficient (Wildman–Crippen LogP) is 1.47. The Kier molecular flexibility index (Phi) is 6.80. The van der Waals surface area contributed by atoms with Gasteiger partial charge >= 0.3 is 12.1 Å². The molecular weight excluding hydrogens is 314 g/mol. The summed E-state index contributed by atoms with van der Waals surface area (Å²) in [5.41, 5.74) is -1.67. The molecule has 1 amide bonds. The molecule has 3 atom stereocenters. The molecule has 1 heterocycles. The zero-order valence-corrected chi connectivity index (χ0v) is 14.9. The first-order chi connectivity index (χ1) is 11.1. The maximum atomic E-state index is 12.5. The Morgan fingerprint density at radius 1 is 1.42 bits per heavy atom. The van der Waals surface area contributed by atoms with Crippen LogP contribution in [0.5, 0.6) is 0 Å². The maximum Gasteiger partial charge on any atom is 0.411 e. The van der Waals surface area contributed by atoms with Gasteiger partial charge < -0.3 is 19.7 Å². The van der Waals surface area contributed by atoms with Crippen molar-refractivity contribution in [2.75, 3.05) is 20.3 Å². The highest BCUT2D eigenvalue weighted by Crippen LogP contribution is 2.45. The van der Waals surface area contributed by atoms with Crippen LogP contribution in [0.3, 0.4) is 0 Å². The van der Waals surface area contributed by atoms with Gasteiger partial charge in [0.1, 0.15) is 11.6 Å². The molecule has 0 unspecified atom stereocenters. The van der Waals surface area contributed by atoms with Crippen LogP contribution in [0.25, 0.3) is 0 Å². The van der Waals surface area contributed by atoms with Crippen molar-refractivity contribution >= 4 is 12.1 Å². The molecule has 1 fully saturated rings. The molecule has 0 aromatic carbocycles. The zero-order valence-electron chi connectivity index (χ0n) is 14.9. The smallest absolute Gasteiger partial charge is 0.411 e. The van der Waals surface area contributed by atoms with Gasteiger partial charge in [-0.25, -0.2) is 9.59 Å². The molecule has 1 rings (SSSR count). The van der Waals surface area contributed by atoms with Gasteiger partial charge in [-0.1, -0.05) is 6.08 Å². The molecule has 0 bridgehead atoms. The van der Waals surface area contributed by atoms with Crippen LogP contribution in [0, 0.1) is 5.41 Å². The van der Waals surface area contributed by atoms with E-state index >= 15 is 0 Å². The highest BCUT2D eigenvalue weighted by molar-refractivity contribution is 5.83. The van der Waals surface area contributed by atoms with Crippen LogP contribution < -0.4 is 0 Å². The Morgan fingerprint density at radius 3 is 2.50 bits per heavy atom. The largest absolute Gasteiger partial charge is 0.467 e. The molecule has 1 aliphatic rings. The number of aliphatic hydroxyl groups is 2. The lowest BCUT2D eigenvalue weighted by Gasteiger charge is -2.37. The lowest BCUT2D eigenvalue weighted by Crippen LogP contribution is -2.51. The fourth-order valence-electron chi connectivity index (χ4n) is 3.27. The van der Waals surface area contributed by atoms with Crippen LogP contribution >= 0.6 is 0 Å². The number of aliphatic hydroxyl groups excluding tert-OH is 2. The quantitative estimate of drug-likeness (QED) is 0.560. The van der Waals surface area contributed by atoms with Gasteiger partial charge in [-0.05, 0) is 40.0 Å². The summed E-state index contributed by atoms with van der Waals surface area (Å²) in [5, 5.41) is 19.8. The van der Waals surface area contributed by atoms with Gasteiger partial charge in [0.05, 0.1) is 19.8 Å². The van der Waals surface area contributed by atoms with Crippen LogP contribution in [0.1, 0.15) is 40.0 Å². The van der Waals surface area contributed by atoms with Crippen LogP contribution in [-0.2, 0) is 14.3 Å². The fourth-order valence-corrected chi connectivity index (χ4v) is 3.27. The van der Waals surface area contributed by atoms with E-state index in [-0.39, 0.29) is 13.2 Å². The summed E-state index contributed by atoms with van der Waals surface area (Å²) in [6, 6.07) is -0.989. The lowest BCUT2D eigenvalue weighted by atomic mass is 9.72. The maximum absolute atomic E-state index is 12.5. The number of likely N-dealkylation sites (tertiary alicyclic amines) is 1. The molecule has 0 aromatic rings. The number of β-amino-alcohol motifs (C(OH)–C–C–N with tert-alkyl or cyclic N) is 1. The fraction of sp³-hybridized carbons (Fsp3) is 0.765. The van der Waals surface area contributed by atoms with Gasteiger partial charge in [0, 0.05) is 12.0 Å². The van der Waals surface area contributed by atoms with Crippen molar-refractivity contribution in [3.8, 4) is 0 Å². The van der Waals surface area contributed by atoms with Gasteiger partial charge in [0.2, 0.25) is 0 Å². The van der Waals surface area contributed by atoms with Crippen molar-refractivity contribution in [1.29, 1.82) is 0 Å². The Bertz CT molecular complexity index is 472. The number of allylic oxidation sites excluding steroid dienone is 1. The number of methoxy groups -OCH3 is 1. The molecule has 0 aliphatic carbocycles. The van der Waals surface area contributed by atoms with Crippen molar-refractivity contribution < 1.29 is 29.3 Å². The van der Waals surface area contributed by atoms with Crippen molar-refractivity contribution in [1.82, 2.24) is 4.90 Å². The van der Waals surface area contributed by atoms with E-state index in [1.54, 1.807) is 26.8 Å². The van der Waals surface area contributed by atoms with Gasteiger partial charge in [-0.15, -0.1) is 6.58 Å². The average molecular weight is 343 g/mol. The summed E-state index contributed by atoms with van der Waals surface area (Å²) >= 11 is 0. The second kappa shape index (κ2) is 7.98. The first kappa shape index (κ1) is 20.4. The summed E-state index contributed by atoms with van der Waals surface area (Å²) in [6.45, 7) is 8.78. The van der Waals surface area contributed by atoms with E-state index in [0.717, 1.165) is 0 Å². The van der Waals surface area contributed by atoms with E-state index in [1.165, 1.54) is 12.0 Å². The van der Waals surface area contributed by atoms with E-state index in [1.807, 2.05) is 0 Å². The zero-order chi connectivity index (χ0) is 18.5. The van der Waals surface area contributed by atoms with Crippen LogP contribution in [0.15, 0.2) is 12.7 Å². The minimum Gasteiger partial charge on any atom is -0.467 e. The molecule has 1 aliphatic heterocycles. The molecule has 0 aromatic heterocycles. The number of rotatable bonds is 6. The molecule has 1 saturated heterocycles. The van der Waals surface area contributed by atoms with Crippen molar-refractivity contribution in [3.05, 3.63) is 12.7 Å². The number of carbonyl (C=O) groups is 2. The van der Waals surface area contributed by atoms with Gasteiger partial charge in [0.25, 0.3) is 0 Å². The first-order valence-electron chi connectivity index (χ1n) is 8.10. The predicted molar refractivity (Wildman–Crippen MR) is 88.3 cm³/mol. The highest BCUT2D eigenvalue weighted by Gasteiger charge is 2.58. The summed E-state index contributed by atoms with van der Waals surface area (Å²) in [6.07, 6.45) is 1.05. The van der Waals surface area contributed by atoms with Crippen molar-refractivity contribution in [2.24, 2.45) is 5.41 Å². The summed E-state index contributed by atoms with van der Waals surface area (Å²) in [5.74, 6) is -0.614. The van der Waals surface area contributed by atoms with E-state index in [0.29, 0.717) is 19.3 Å². The van der Waals surface area contributed by atoms with Gasteiger partial charge in [0.15, 0.2) is 0 Å². The average Bonchev–Trinajstić information content (AvgIpc) is 2.77. The van der Waals surface area contributed by atoms with E-state index in [4.69, 9.17) is 9.47 Å². The molecular formula is C17H29NO6. The molecule has 7 nitrogen and oxygen atoms in total. The van der Waals surface area contributed by atoms with E-state index < -0.39 is 35.2 Å². The molecule has 0 spiro atoms. The number of hydrogen-bond acceptors (Lipinski definition) is 6. The monoisotopic (exact) mass is 343 g/mol. The number of amides is 1.